The van der Waals surface area contributed by atoms with Crippen molar-refractivity contribution in [3.05, 3.63) is 46.8 Å². The summed E-state index contributed by atoms with van der Waals surface area (Å²) in [5, 5.41) is 48.7. The van der Waals surface area contributed by atoms with Crippen molar-refractivity contribution in [2.45, 2.75) is 0 Å². The lowest BCUT2D eigenvalue weighted by molar-refractivity contribution is 0.925. The number of hydrogen-bond acceptors (Lipinski definition) is 9. The van der Waals surface area contributed by atoms with E-state index in [1.54, 1.807) is 24.3 Å². The van der Waals surface area contributed by atoms with Crippen molar-refractivity contribution in [3.8, 4) is 30.3 Å². The van der Waals surface area contributed by atoms with Gasteiger partial charge in [0, 0.05) is 6.20 Å². The monoisotopic (exact) mass is 285 g/mol. The molecule has 2 rings (SSSR count). The van der Waals surface area contributed by atoms with Crippen LogP contribution in [0.15, 0.2) is 18.5 Å². The van der Waals surface area contributed by atoms with Crippen LogP contribution in [0.3, 0.4) is 0 Å². The second-order valence-corrected chi connectivity index (χ2v) is 3.31. The molecule has 0 spiro atoms. The first kappa shape index (κ1) is 15.7. The Kier molecular flexibility index (Phi) is 5.64. The zero-order chi connectivity index (χ0) is 16.4. The Balaban J connectivity index is 0.000000224. The Morgan fingerprint density at radius 3 is 2.00 bits per heavy atom. The highest BCUT2D eigenvalue weighted by Crippen LogP contribution is 2.08. The number of rotatable bonds is 0. The van der Waals surface area contributed by atoms with E-state index in [1.807, 2.05) is 6.07 Å². The van der Waals surface area contributed by atoms with Crippen LogP contribution in [0.1, 0.15) is 28.3 Å². The lowest BCUT2D eigenvalue weighted by Crippen LogP contribution is -1.93. The van der Waals surface area contributed by atoms with Crippen molar-refractivity contribution in [1.82, 2.24) is 20.2 Å². The van der Waals surface area contributed by atoms with E-state index < -0.39 is 0 Å². The third-order valence-electron chi connectivity index (χ3n) is 2.07. The van der Waals surface area contributed by atoms with Gasteiger partial charge in [-0.1, -0.05) is 0 Å². The second-order valence-electron chi connectivity index (χ2n) is 3.31. The fourth-order valence-corrected chi connectivity index (χ4v) is 1.13. The standard InChI is InChI=1S/C8H2N4.C5HN5/c9-3-6-1-2-12-8(5-11)7(6)4-10;6-1-4-3-8-5(2-7)10-9-4/h1-2H;3H. The summed E-state index contributed by atoms with van der Waals surface area (Å²) >= 11 is 0. The van der Waals surface area contributed by atoms with Crippen LogP contribution in [0.2, 0.25) is 0 Å². The molecule has 0 fully saturated rings. The first-order chi connectivity index (χ1) is 10.7. The Bertz CT molecular complexity index is 815. The topological polar surface area (TPSA) is 171 Å². The first-order valence-electron chi connectivity index (χ1n) is 5.39. The molecular weight excluding hydrogens is 282 g/mol. The van der Waals surface area contributed by atoms with Crippen LogP contribution in [-0.4, -0.2) is 20.2 Å². The van der Waals surface area contributed by atoms with Gasteiger partial charge >= 0.3 is 0 Å². The van der Waals surface area contributed by atoms with E-state index in [9.17, 15) is 0 Å². The number of nitrogens with zero attached hydrogens (tertiary/aromatic N) is 9. The second kappa shape index (κ2) is 7.92. The van der Waals surface area contributed by atoms with E-state index in [4.69, 9.17) is 26.3 Å². The van der Waals surface area contributed by atoms with Gasteiger partial charge in [-0.15, -0.1) is 10.2 Å². The Labute approximate surface area is 124 Å². The number of aromatic nitrogens is 4. The quantitative estimate of drug-likeness (QED) is 0.660. The lowest BCUT2D eigenvalue weighted by Gasteiger charge is -1.92. The summed E-state index contributed by atoms with van der Waals surface area (Å²) in [6.45, 7) is 0. The van der Waals surface area contributed by atoms with Gasteiger partial charge in [0.15, 0.2) is 11.4 Å². The van der Waals surface area contributed by atoms with Gasteiger partial charge in [-0.2, -0.15) is 26.3 Å². The minimum atomic E-state index is -0.0287. The average Bonchev–Trinajstić information content (AvgIpc) is 2.61. The summed E-state index contributed by atoms with van der Waals surface area (Å²) in [6, 6.07) is 10.1. The molecule has 2 heterocycles. The van der Waals surface area contributed by atoms with Crippen LogP contribution < -0.4 is 0 Å². The summed E-state index contributed by atoms with van der Waals surface area (Å²) in [7, 11) is 0. The third kappa shape index (κ3) is 3.80. The molecule has 0 unspecified atom stereocenters. The van der Waals surface area contributed by atoms with Crippen molar-refractivity contribution in [2.75, 3.05) is 0 Å². The normalized spacial score (nSPS) is 7.77. The van der Waals surface area contributed by atoms with Crippen molar-refractivity contribution < 1.29 is 0 Å². The van der Waals surface area contributed by atoms with Gasteiger partial charge in [0.05, 0.1) is 11.8 Å². The number of pyridine rings is 1. The zero-order valence-electron chi connectivity index (χ0n) is 10.8. The highest BCUT2D eigenvalue weighted by Gasteiger charge is 2.07. The molecule has 0 saturated carbocycles. The smallest absolute Gasteiger partial charge is 0.244 e. The molecule has 0 bridgehead atoms. The van der Waals surface area contributed by atoms with Crippen LogP contribution in [0.25, 0.3) is 0 Å². The molecule has 0 aliphatic heterocycles. The molecule has 0 radical (unpaired) electrons. The summed E-state index contributed by atoms with van der Waals surface area (Å²) in [4.78, 5) is 7.15. The van der Waals surface area contributed by atoms with Crippen LogP contribution in [0, 0.1) is 56.7 Å². The summed E-state index contributed by atoms with van der Waals surface area (Å²) in [5.41, 5.74) is 0.335. The molecule has 9 heteroatoms. The number of nitriles is 5. The predicted octanol–water partition coefficient (Wildman–Crippen LogP) is 0.312. The Morgan fingerprint density at radius 1 is 0.773 bits per heavy atom. The van der Waals surface area contributed by atoms with Gasteiger partial charge in [0.1, 0.15) is 35.9 Å². The molecule has 0 aliphatic carbocycles. The Morgan fingerprint density at radius 2 is 1.55 bits per heavy atom. The van der Waals surface area contributed by atoms with Crippen LogP contribution in [-0.2, 0) is 0 Å². The zero-order valence-corrected chi connectivity index (χ0v) is 10.8. The fourth-order valence-electron chi connectivity index (χ4n) is 1.13. The molecule has 100 valence electrons. The van der Waals surface area contributed by atoms with E-state index in [0.717, 1.165) is 0 Å². The minimum Gasteiger partial charge on any atom is -0.244 e. The Hall–Kier alpha value is -4.39. The van der Waals surface area contributed by atoms with Crippen LogP contribution in [0.4, 0.5) is 0 Å². The van der Waals surface area contributed by atoms with Crippen molar-refractivity contribution in [1.29, 1.82) is 26.3 Å². The third-order valence-corrected chi connectivity index (χ3v) is 2.07. The van der Waals surface area contributed by atoms with E-state index in [0.29, 0.717) is 0 Å². The summed E-state index contributed by atoms with van der Waals surface area (Å²) in [5.74, 6) is -0.0287. The van der Waals surface area contributed by atoms with Crippen LogP contribution >= 0.6 is 0 Å². The maximum Gasteiger partial charge on any atom is 0.252 e. The van der Waals surface area contributed by atoms with Crippen molar-refractivity contribution in [3.63, 3.8) is 0 Å². The summed E-state index contributed by atoms with van der Waals surface area (Å²) < 4.78 is 0. The molecule has 2 aromatic rings. The largest absolute Gasteiger partial charge is 0.252 e. The molecule has 0 aliphatic rings. The highest BCUT2D eigenvalue weighted by atomic mass is 15.1. The maximum absolute atomic E-state index is 8.57. The van der Waals surface area contributed by atoms with Crippen LogP contribution in [0.5, 0.6) is 0 Å². The van der Waals surface area contributed by atoms with E-state index >= 15 is 0 Å². The van der Waals surface area contributed by atoms with Crippen molar-refractivity contribution in [2.24, 2.45) is 0 Å². The van der Waals surface area contributed by atoms with Gasteiger partial charge in [0.2, 0.25) is 0 Å². The molecule has 0 aromatic carbocycles. The minimum absolute atomic E-state index is 0.00319. The average molecular weight is 285 g/mol. The number of hydrogen-bond donors (Lipinski definition) is 0. The molecule has 2 aromatic heterocycles. The van der Waals surface area contributed by atoms with Gasteiger partial charge in [-0.3, -0.25) is 0 Å². The van der Waals surface area contributed by atoms with Gasteiger partial charge in [-0.25, -0.2) is 9.97 Å². The highest BCUT2D eigenvalue weighted by molar-refractivity contribution is 5.51. The molecule has 0 atom stereocenters. The summed E-state index contributed by atoms with van der Waals surface area (Å²) in [6.07, 6.45) is 2.53. The van der Waals surface area contributed by atoms with Gasteiger partial charge in [0.25, 0.3) is 5.82 Å². The SMILES string of the molecule is N#Cc1ccnc(C#N)c1C#N.N#Cc1cnc(C#N)nn1. The van der Waals surface area contributed by atoms with Gasteiger partial charge < -0.3 is 0 Å². The first-order valence-corrected chi connectivity index (χ1v) is 5.39. The van der Waals surface area contributed by atoms with E-state index in [-0.39, 0.29) is 28.3 Å². The molecule has 0 amide bonds. The molecule has 0 saturated heterocycles. The van der Waals surface area contributed by atoms with E-state index in [1.165, 1.54) is 18.5 Å². The van der Waals surface area contributed by atoms with Gasteiger partial charge in [-0.05, 0) is 6.07 Å². The van der Waals surface area contributed by atoms with E-state index in [2.05, 4.69) is 20.2 Å². The molecular formula is C13H3N9. The molecule has 0 N–H and O–H groups in total. The fraction of sp³-hybridized carbons (Fsp3) is 0. The lowest BCUT2D eigenvalue weighted by atomic mass is 10.1. The molecule has 22 heavy (non-hydrogen) atoms. The maximum atomic E-state index is 8.57. The molecule has 9 nitrogen and oxygen atoms in total. The van der Waals surface area contributed by atoms with Crippen molar-refractivity contribution >= 4 is 0 Å². The predicted molar refractivity (Wildman–Crippen MR) is 67.6 cm³/mol.